The molecular weight excluding hydrogens is 466 g/mol. The molecule has 0 saturated heterocycles. The van der Waals surface area contributed by atoms with Gasteiger partial charge in [0.15, 0.2) is 5.96 Å². The molecule has 0 aliphatic rings. The van der Waals surface area contributed by atoms with Crippen LogP contribution >= 0.6 is 12.6 Å². The van der Waals surface area contributed by atoms with E-state index >= 15 is 0 Å². The zero-order valence-electron chi connectivity index (χ0n) is 18.4. The van der Waals surface area contributed by atoms with Gasteiger partial charge in [0.2, 0.25) is 17.7 Å². The van der Waals surface area contributed by atoms with Gasteiger partial charge >= 0.3 is 5.97 Å². The number of aliphatic imine (C=N–C) groups is 1. The lowest BCUT2D eigenvalue weighted by Crippen LogP contribution is -2.56. The van der Waals surface area contributed by atoms with E-state index < -0.39 is 48.4 Å². The number of carboxylic acid groups (broad SMARTS) is 1. The van der Waals surface area contributed by atoms with E-state index in [1.807, 2.05) is 0 Å². The highest BCUT2D eigenvalue weighted by Crippen LogP contribution is 2.12. The molecule has 0 fully saturated rings. The van der Waals surface area contributed by atoms with E-state index in [4.69, 9.17) is 22.3 Å². The second kappa shape index (κ2) is 14.6. The number of amides is 3. The number of hydrogen-bond donors (Lipinski definition) is 9. The normalized spacial score (nSPS) is 13.1. The van der Waals surface area contributed by atoms with E-state index in [1.54, 1.807) is 12.1 Å². The summed E-state index contributed by atoms with van der Waals surface area (Å²) < 4.78 is 0. The smallest absolute Gasteiger partial charge is 0.322 e. The van der Waals surface area contributed by atoms with Gasteiger partial charge in [-0.05, 0) is 30.5 Å². The summed E-state index contributed by atoms with van der Waals surface area (Å²) in [4.78, 5) is 52.5. The van der Waals surface area contributed by atoms with Gasteiger partial charge in [0.25, 0.3) is 0 Å². The maximum absolute atomic E-state index is 13.0. The number of carbonyl (C=O) groups is 4. The Labute approximate surface area is 201 Å². The molecule has 3 amide bonds. The number of phenolic OH excluding ortho intramolecular Hbond substituents is 1. The van der Waals surface area contributed by atoms with Crippen molar-refractivity contribution in [3.8, 4) is 5.75 Å². The predicted molar refractivity (Wildman–Crippen MR) is 128 cm³/mol. The van der Waals surface area contributed by atoms with Gasteiger partial charge in [0.1, 0.15) is 24.4 Å². The van der Waals surface area contributed by atoms with Gasteiger partial charge < -0.3 is 43.4 Å². The zero-order chi connectivity index (χ0) is 25.7. The second-order valence-corrected chi connectivity index (χ2v) is 7.71. The lowest BCUT2D eigenvalue weighted by atomic mass is 10.0. The SMILES string of the molecule is NC(N)=NCCCC(NC(=O)C(N)CS)C(=O)NC(Cc1ccc(O)cc1)C(=O)NCC(=O)O. The van der Waals surface area contributed by atoms with Crippen molar-refractivity contribution in [3.63, 3.8) is 0 Å². The number of aromatic hydroxyl groups is 1. The first-order valence-electron chi connectivity index (χ1n) is 10.3. The number of benzene rings is 1. The van der Waals surface area contributed by atoms with E-state index in [1.165, 1.54) is 12.1 Å². The van der Waals surface area contributed by atoms with Gasteiger partial charge in [-0.1, -0.05) is 12.1 Å². The van der Waals surface area contributed by atoms with E-state index in [0.717, 1.165) is 0 Å². The molecule has 34 heavy (non-hydrogen) atoms. The van der Waals surface area contributed by atoms with Crippen LogP contribution in [-0.4, -0.2) is 76.8 Å². The number of phenols is 1. The number of thiol groups is 1. The van der Waals surface area contributed by atoms with Crippen LogP contribution in [0.1, 0.15) is 18.4 Å². The molecule has 3 unspecified atom stereocenters. The Morgan fingerprint density at radius 1 is 1.00 bits per heavy atom. The first-order valence-corrected chi connectivity index (χ1v) is 11.0. The monoisotopic (exact) mass is 497 g/mol. The molecule has 14 heteroatoms. The highest BCUT2D eigenvalue weighted by molar-refractivity contribution is 7.80. The van der Waals surface area contributed by atoms with Crippen LogP contribution in [0.5, 0.6) is 5.75 Å². The number of nitrogens with two attached hydrogens (primary N) is 3. The molecule has 0 bridgehead atoms. The number of rotatable bonds is 14. The minimum absolute atomic E-state index is 0.00227. The molecule has 1 aromatic carbocycles. The third-order valence-corrected chi connectivity index (χ3v) is 4.93. The summed E-state index contributed by atoms with van der Waals surface area (Å²) in [7, 11) is 0. The Kier molecular flexibility index (Phi) is 12.2. The van der Waals surface area contributed by atoms with Gasteiger partial charge in [-0.2, -0.15) is 12.6 Å². The van der Waals surface area contributed by atoms with Gasteiger partial charge in [0.05, 0.1) is 6.04 Å². The fraction of sp³-hybridized carbons (Fsp3) is 0.450. The topological polar surface area (TPSA) is 235 Å². The maximum Gasteiger partial charge on any atom is 0.322 e. The molecule has 0 aromatic heterocycles. The molecule has 0 heterocycles. The van der Waals surface area contributed by atoms with E-state index in [0.29, 0.717) is 12.0 Å². The molecule has 188 valence electrons. The average molecular weight is 498 g/mol. The molecule has 0 aliphatic heterocycles. The molecule has 0 saturated carbocycles. The summed E-state index contributed by atoms with van der Waals surface area (Å²) in [6.07, 6.45) is 0.471. The summed E-state index contributed by atoms with van der Waals surface area (Å²) >= 11 is 3.97. The van der Waals surface area contributed by atoms with Crippen molar-refractivity contribution in [2.45, 2.75) is 37.4 Å². The molecular formula is C20H31N7O6S. The molecule has 13 nitrogen and oxygen atoms in total. The summed E-state index contributed by atoms with van der Waals surface area (Å²) in [6.45, 7) is -0.438. The van der Waals surface area contributed by atoms with Crippen molar-refractivity contribution < 1.29 is 29.4 Å². The van der Waals surface area contributed by atoms with E-state index in [2.05, 4.69) is 33.6 Å². The number of hydrogen-bond acceptors (Lipinski definition) is 8. The zero-order valence-corrected chi connectivity index (χ0v) is 19.3. The third kappa shape index (κ3) is 10.9. The van der Waals surface area contributed by atoms with Gasteiger partial charge in [-0.25, -0.2) is 0 Å². The molecule has 11 N–H and O–H groups in total. The molecule has 3 atom stereocenters. The first-order chi connectivity index (χ1) is 16.0. The van der Waals surface area contributed by atoms with Gasteiger partial charge in [-0.3, -0.25) is 24.2 Å². The second-order valence-electron chi connectivity index (χ2n) is 7.34. The lowest BCUT2D eigenvalue weighted by Gasteiger charge is -2.24. The van der Waals surface area contributed by atoms with Crippen molar-refractivity contribution in [2.75, 3.05) is 18.8 Å². The summed E-state index contributed by atoms with van der Waals surface area (Å²) in [5.74, 6) is -3.33. The van der Waals surface area contributed by atoms with E-state index in [-0.39, 0.29) is 36.8 Å². The Morgan fingerprint density at radius 2 is 1.62 bits per heavy atom. The van der Waals surface area contributed by atoms with Crippen molar-refractivity contribution in [1.82, 2.24) is 16.0 Å². The van der Waals surface area contributed by atoms with Crippen molar-refractivity contribution >= 4 is 42.3 Å². The van der Waals surface area contributed by atoms with Crippen LogP contribution in [0.3, 0.4) is 0 Å². The van der Waals surface area contributed by atoms with Crippen molar-refractivity contribution in [3.05, 3.63) is 29.8 Å². The number of carboxylic acids is 1. The summed E-state index contributed by atoms with van der Waals surface area (Å²) in [5, 5.41) is 25.6. The quantitative estimate of drug-likeness (QED) is 0.0567. The van der Waals surface area contributed by atoms with Crippen LogP contribution in [0.25, 0.3) is 0 Å². The number of nitrogens with one attached hydrogen (secondary N) is 3. The number of guanidine groups is 1. The Bertz CT molecular complexity index is 877. The summed E-state index contributed by atoms with van der Waals surface area (Å²) in [5.41, 5.74) is 16.9. The third-order valence-electron chi connectivity index (χ3n) is 4.53. The minimum Gasteiger partial charge on any atom is -0.508 e. The highest BCUT2D eigenvalue weighted by Gasteiger charge is 2.28. The number of nitrogens with zero attached hydrogens (tertiary/aromatic N) is 1. The average Bonchev–Trinajstić information content (AvgIpc) is 2.79. The maximum atomic E-state index is 13.0. The standard InChI is InChI=1S/C20H31N7O6S/c21-13(10-34)17(31)26-14(2-1-7-24-20(22)23)19(33)27-15(18(32)25-9-16(29)30)8-11-3-5-12(28)6-4-11/h3-6,13-15,28,34H,1-2,7-10,21H2,(H,25,32)(H,26,31)(H,27,33)(H,29,30)(H4,22,23,24). The first kappa shape index (κ1) is 28.5. The van der Waals surface area contributed by atoms with Crippen molar-refractivity contribution in [1.29, 1.82) is 0 Å². The molecule has 0 radical (unpaired) electrons. The van der Waals surface area contributed by atoms with Crippen LogP contribution in [0.15, 0.2) is 29.3 Å². The van der Waals surface area contributed by atoms with Gasteiger partial charge in [-0.15, -0.1) is 0 Å². The van der Waals surface area contributed by atoms with Gasteiger partial charge in [0, 0.05) is 18.7 Å². The predicted octanol–water partition coefficient (Wildman–Crippen LogP) is -2.58. The van der Waals surface area contributed by atoms with Crippen LogP contribution in [0, 0.1) is 0 Å². The largest absolute Gasteiger partial charge is 0.508 e. The lowest BCUT2D eigenvalue weighted by molar-refractivity contribution is -0.138. The highest BCUT2D eigenvalue weighted by atomic mass is 32.1. The number of carbonyl (C=O) groups excluding carboxylic acids is 3. The van der Waals surface area contributed by atoms with Crippen LogP contribution in [-0.2, 0) is 25.6 Å². The Hall–Kier alpha value is -3.52. The van der Waals surface area contributed by atoms with E-state index in [9.17, 15) is 24.3 Å². The Morgan fingerprint density at radius 3 is 2.18 bits per heavy atom. The van der Waals surface area contributed by atoms with Crippen LogP contribution < -0.4 is 33.2 Å². The molecule has 1 rings (SSSR count). The minimum atomic E-state index is -1.26. The fourth-order valence-electron chi connectivity index (χ4n) is 2.77. The molecule has 0 aliphatic carbocycles. The summed E-state index contributed by atoms with van der Waals surface area (Å²) in [6, 6.07) is 2.75. The fourth-order valence-corrected chi connectivity index (χ4v) is 2.94. The number of aliphatic carboxylic acids is 1. The van der Waals surface area contributed by atoms with Crippen molar-refractivity contribution in [2.24, 2.45) is 22.2 Å². The Balaban J connectivity index is 3.02. The van der Waals surface area contributed by atoms with Crippen LogP contribution in [0.2, 0.25) is 0 Å². The molecule has 1 aromatic rings. The molecule has 0 spiro atoms. The van der Waals surface area contributed by atoms with Crippen LogP contribution in [0.4, 0.5) is 0 Å².